The number of hydrogen-bond acceptors (Lipinski definition) is 3. The van der Waals surface area contributed by atoms with Gasteiger partial charge in [-0.25, -0.2) is 4.98 Å². The van der Waals surface area contributed by atoms with E-state index in [-0.39, 0.29) is 0 Å². The third-order valence-corrected chi connectivity index (χ3v) is 8.15. The van der Waals surface area contributed by atoms with Crippen molar-refractivity contribution >= 4 is 23.3 Å². The number of nitrogens with zero attached hydrogens (tertiary/aromatic N) is 1. The normalized spacial score (nSPS) is 22.6. The molecule has 1 saturated carbocycles. The number of rotatable bonds is 11. The second-order valence-electron chi connectivity index (χ2n) is 11.1. The highest BCUT2D eigenvalue weighted by Crippen LogP contribution is 2.40. The van der Waals surface area contributed by atoms with Crippen molar-refractivity contribution in [2.24, 2.45) is 17.8 Å². The van der Waals surface area contributed by atoms with E-state index in [2.05, 4.69) is 66.3 Å². The van der Waals surface area contributed by atoms with Crippen LogP contribution < -0.4 is 0 Å². The third kappa shape index (κ3) is 7.88. The van der Waals surface area contributed by atoms with Crippen LogP contribution in [0.1, 0.15) is 93.3 Å². The summed E-state index contributed by atoms with van der Waals surface area (Å²) in [5.41, 5.74) is 5.63. The Morgan fingerprint density at radius 3 is 2.84 bits per heavy atom. The summed E-state index contributed by atoms with van der Waals surface area (Å²) < 4.78 is 0. The number of carboxylic acids is 1. The van der Waals surface area contributed by atoms with E-state index in [9.17, 15) is 4.79 Å². The molecule has 5 heteroatoms. The van der Waals surface area contributed by atoms with E-state index in [1.807, 2.05) is 18.3 Å². The minimum absolute atomic E-state index is 0.312. The minimum Gasteiger partial charge on any atom is -0.481 e. The Morgan fingerprint density at radius 2 is 2.08 bits per heavy atom. The van der Waals surface area contributed by atoms with Gasteiger partial charge in [-0.3, -0.25) is 4.79 Å². The van der Waals surface area contributed by atoms with Gasteiger partial charge in [0.15, 0.2) is 0 Å². The molecular formula is C32H41N3O2. The number of nitrogens with one attached hydrogen (secondary N) is 2. The number of H-pyrrole nitrogens is 1. The topological polar surface area (TPSA) is 89.8 Å². The lowest BCUT2D eigenvalue weighted by Gasteiger charge is -2.33. The summed E-state index contributed by atoms with van der Waals surface area (Å²) in [4.78, 5) is 19.0. The predicted molar refractivity (Wildman–Crippen MR) is 152 cm³/mol. The Morgan fingerprint density at radius 1 is 1.27 bits per heavy atom. The van der Waals surface area contributed by atoms with Gasteiger partial charge in [0.25, 0.3) is 0 Å². The molecule has 0 spiro atoms. The summed E-state index contributed by atoms with van der Waals surface area (Å²) in [6, 6.07) is 8.72. The zero-order valence-corrected chi connectivity index (χ0v) is 22.2. The first-order valence-electron chi connectivity index (χ1n) is 13.8. The summed E-state index contributed by atoms with van der Waals surface area (Å²) in [5, 5.41) is 17.4. The maximum Gasteiger partial charge on any atom is 0.303 e. The van der Waals surface area contributed by atoms with Gasteiger partial charge in [-0.1, -0.05) is 55.0 Å². The van der Waals surface area contributed by atoms with Crippen molar-refractivity contribution in [3.05, 3.63) is 77.4 Å². The van der Waals surface area contributed by atoms with Gasteiger partial charge < -0.3 is 15.5 Å². The summed E-state index contributed by atoms with van der Waals surface area (Å²) >= 11 is 0. The van der Waals surface area contributed by atoms with Gasteiger partial charge in [0, 0.05) is 12.1 Å². The Labute approximate surface area is 221 Å². The maximum atomic E-state index is 11.0. The fourth-order valence-corrected chi connectivity index (χ4v) is 5.88. The van der Waals surface area contributed by atoms with Crippen LogP contribution in [0, 0.1) is 30.1 Å². The van der Waals surface area contributed by atoms with Crippen molar-refractivity contribution in [3.8, 4) is 0 Å². The van der Waals surface area contributed by atoms with E-state index in [0.29, 0.717) is 35.8 Å². The monoisotopic (exact) mass is 499 g/mol. The Bertz CT molecular complexity index is 1160. The van der Waals surface area contributed by atoms with Crippen LogP contribution >= 0.6 is 0 Å². The Balaban J connectivity index is 1.23. The van der Waals surface area contributed by atoms with E-state index >= 15 is 0 Å². The van der Waals surface area contributed by atoms with E-state index < -0.39 is 5.97 Å². The van der Waals surface area contributed by atoms with E-state index in [1.54, 1.807) is 0 Å². The number of carbonyl (C=O) groups is 1. The van der Waals surface area contributed by atoms with Crippen molar-refractivity contribution in [2.45, 2.75) is 77.6 Å². The molecule has 2 unspecified atom stereocenters. The van der Waals surface area contributed by atoms with Crippen molar-refractivity contribution in [2.75, 3.05) is 0 Å². The molecule has 196 valence electrons. The van der Waals surface area contributed by atoms with Crippen molar-refractivity contribution in [1.29, 1.82) is 5.41 Å². The molecule has 1 fully saturated rings. The molecule has 2 aromatic rings. The average Bonchev–Trinajstić information content (AvgIpc) is 3.37. The summed E-state index contributed by atoms with van der Waals surface area (Å²) in [6.07, 6.45) is 20.8. The third-order valence-electron chi connectivity index (χ3n) is 8.15. The van der Waals surface area contributed by atoms with Crippen LogP contribution in [0.2, 0.25) is 0 Å². The number of hydrogen-bond donors (Lipinski definition) is 3. The zero-order chi connectivity index (χ0) is 26.2. The van der Waals surface area contributed by atoms with Crippen LogP contribution in [0.5, 0.6) is 0 Å². The second kappa shape index (κ2) is 12.8. The van der Waals surface area contributed by atoms with Gasteiger partial charge >= 0.3 is 5.97 Å². The zero-order valence-electron chi connectivity index (χ0n) is 22.2. The number of aromatic nitrogens is 2. The van der Waals surface area contributed by atoms with Gasteiger partial charge in [0.05, 0.1) is 11.9 Å². The highest BCUT2D eigenvalue weighted by molar-refractivity contribution is 5.95. The van der Waals surface area contributed by atoms with Crippen molar-refractivity contribution < 1.29 is 9.90 Å². The highest BCUT2D eigenvalue weighted by Gasteiger charge is 2.29. The van der Waals surface area contributed by atoms with Crippen LogP contribution in [0.25, 0.3) is 11.6 Å². The molecular weight excluding hydrogens is 458 g/mol. The van der Waals surface area contributed by atoms with Crippen LogP contribution in [-0.4, -0.2) is 26.8 Å². The lowest BCUT2D eigenvalue weighted by Crippen LogP contribution is -2.23. The number of aromatic amines is 1. The van der Waals surface area contributed by atoms with Gasteiger partial charge in [-0.05, 0) is 105 Å². The molecule has 1 heterocycles. The van der Waals surface area contributed by atoms with Crippen LogP contribution in [0.4, 0.5) is 0 Å². The molecule has 3 N–H and O–H groups in total. The molecule has 0 bridgehead atoms. The smallest absolute Gasteiger partial charge is 0.303 e. The molecule has 0 aliphatic heterocycles. The first-order valence-corrected chi connectivity index (χ1v) is 13.8. The molecule has 1 aromatic carbocycles. The minimum atomic E-state index is -0.668. The number of benzene rings is 1. The molecule has 0 amide bonds. The average molecular weight is 500 g/mol. The summed E-state index contributed by atoms with van der Waals surface area (Å²) in [7, 11) is 0. The standard InChI is InChI=1S/C32H41N3O2/c1-22-6-3-8-26(18-22)23(2)7-4-11-29(33)16-17-31-34-21-30(35-31)28-10-5-9-27(20-28)25-14-12-24(13-15-25)19-32(36)37/h3,5-6,8-10,16-18,21,23-25,27,33H,4,7,11-15,19-20H2,1-2H3,(H,34,35)(H,36,37)/b17-16-,33-29?. The van der Waals surface area contributed by atoms with Crippen molar-refractivity contribution in [3.63, 3.8) is 0 Å². The number of imidazole rings is 1. The highest BCUT2D eigenvalue weighted by atomic mass is 16.4. The van der Waals surface area contributed by atoms with Gasteiger partial charge in [0.2, 0.25) is 0 Å². The lowest BCUT2D eigenvalue weighted by molar-refractivity contribution is -0.138. The quantitative estimate of drug-likeness (QED) is 0.274. The Kier molecular flexibility index (Phi) is 9.32. The van der Waals surface area contributed by atoms with E-state index in [0.717, 1.165) is 62.9 Å². The Hall–Kier alpha value is -3.21. The molecule has 37 heavy (non-hydrogen) atoms. The molecule has 4 rings (SSSR count). The molecule has 0 radical (unpaired) electrons. The molecule has 2 aliphatic rings. The fraction of sp³-hybridized carbons (Fsp3) is 0.469. The first kappa shape index (κ1) is 26.8. The van der Waals surface area contributed by atoms with Gasteiger partial charge in [-0.2, -0.15) is 0 Å². The molecule has 2 atom stereocenters. The second-order valence-corrected chi connectivity index (χ2v) is 11.1. The number of allylic oxidation sites excluding steroid dienone is 5. The molecule has 0 saturated heterocycles. The molecule has 5 nitrogen and oxygen atoms in total. The number of carboxylic acid groups (broad SMARTS) is 1. The van der Waals surface area contributed by atoms with Gasteiger partial charge in [0.1, 0.15) is 5.82 Å². The summed E-state index contributed by atoms with van der Waals surface area (Å²) in [6.45, 7) is 4.40. The summed E-state index contributed by atoms with van der Waals surface area (Å²) in [5.74, 6) is 2.09. The number of aliphatic carboxylic acids is 1. The van der Waals surface area contributed by atoms with Crippen LogP contribution in [0.3, 0.4) is 0 Å². The first-order chi connectivity index (χ1) is 17.9. The fourth-order valence-electron chi connectivity index (χ4n) is 5.88. The lowest BCUT2D eigenvalue weighted by atomic mass is 9.72. The van der Waals surface area contributed by atoms with E-state index in [1.165, 1.54) is 16.7 Å². The number of aryl methyl sites for hydroxylation is 1. The predicted octanol–water partition coefficient (Wildman–Crippen LogP) is 7.97. The van der Waals surface area contributed by atoms with Crippen molar-refractivity contribution in [1.82, 2.24) is 9.97 Å². The van der Waals surface area contributed by atoms with Crippen LogP contribution in [0.15, 0.2) is 54.8 Å². The maximum absolute atomic E-state index is 11.0. The van der Waals surface area contributed by atoms with Gasteiger partial charge in [-0.15, -0.1) is 0 Å². The molecule has 1 aromatic heterocycles. The SMILES string of the molecule is Cc1cccc(C(C)CCCC(=N)/C=C\c2ncc(C3=CC=CC(C4CCC(CC(=O)O)CC4)C3)[nH]2)c1. The molecule has 2 aliphatic carbocycles. The largest absolute Gasteiger partial charge is 0.481 e. The van der Waals surface area contributed by atoms with E-state index in [4.69, 9.17) is 10.5 Å². The van der Waals surface area contributed by atoms with Crippen LogP contribution in [-0.2, 0) is 4.79 Å².